The van der Waals surface area contributed by atoms with E-state index in [0.717, 1.165) is 0 Å². The molecule has 0 amide bonds. The normalized spacial score (nSPS) is 49.4. The average Bonchev–Trinajstić information content (AvgIpc) is 2.08. The molecule has 1 fully saturated rings. The summed E-state index contributed by atoms with van der Waals surface area (Å²) in [5.41, 5.74) is 0. The van der Waals surface area contributed by atoms with Crippen molar-refractivity contribution < 1.29 is 4.79 Å². The quantitative estimate of drug-likeness (QED) is 0.474. The van der Waals surface area contributed by atoms with Crippen LogP contribution >= 0.6 is 79.6 Å². The average molecular weight is 493 g/mol. The maximum atomic E-state index is 11.5. The molecular formula is C6H5Br5O. The van der Waals surface area contributed by atoms with E-state index in [-0.39, 0.29) is 29.9 Å². The molecule has 0 N–H and O–H groups in total. The van der Waals surface area contributed by atoms with Gasteiger partial charge < -0.3 is 0 Å². The molecule has 0 radical (unpaired) electrons. The summed E-state index contributed by atoms with van der Waals surface area (Å²) in [6.45, 7) is 0. The molecule has 0 aliphatic heterocycles. The molecule has 4 unspecified atom stereocenters. The van der Waals surface area contributed by atoms with Crippen molar-refractivity contribution in [2.45, 2.75) is 24.1 Å². The lowest BCUT2D eigenvalue weighted by Gasteiger charge is -2.34. The molecule has 4 atom stereocenters. The van der Waals surface area contributed by atoms with E-state index in [1.54, 1.807) is 0 Å². The minimum Gasteiger partial charge on any atom is -0.297 e. The van der Waals surface area contributed by atoms with Crippen molar-refractivity contribution in [3.8, 4) is 0 Å². The number of carbonyl (C=O) groups is 1. The van der Waals surface area contributed by atoms with Gasteiger partial charge in [-0.15, -0.1) is 0 Å². The molecule has 0 aromatic rings. The van der Waals surface area contributed by atoms with Gasteiger partial charge in [0.25, 0.3) is 0 Å². The molecule has 12 heavy (non-hydrogen) atoms. The van der Waals surface area contributed by atoms with Gasteiger partial charge in [-0.3, -0.25) is 4.79 Å². The summed E-state index contributed by atoms with van der Waals surface area (Å²) < 4.78 is 0. The standard InChI is InChI=1S/C6H5Br5O/c7-1-2(8)4(10)6(12)5(11)3(1)9/h1-5H. The van der Waals surface area contributed by atoms with E-state index in [0.29, 0.717) is 0 Å². The summed E-state index contributed by atoms with van der Waals surface area (Å²) in [7, 11) is 0. The number of halogens is 5. The Morgan fingerprint density at radius 3 is 1.42 bits per heavy atom. The third-order valence-electron chi connectivity index (χ3n) is 1.71. The van der Waals surface area contributed by atoms with Gasteiger partial charge in [0.1, 0.15) is 0 Å². The molecule has 1 saturated carbocycles. The molecule has 70 valence electrons. The Morgan fingerprint density at radius 1 is 0.750 bits per heavy atom. The van der Waals surface area contributed by atoms with Gasteiger partial charge in [0.05, 0.1) is 9.65 Å². The molecule has 1 aliphatic rings. The summed E-state index contributed by atoms with van der Waals surface area (Å²) in [5, 5.41) is 0. The minimum absolute atomic E-state index is 0.125. The number of hydrogen-bond acceptors (Lipinski definition) is 1. The van der Waals surface area contributed by atoms with Crippen LogP contribution in [0.25, 0.3) is 0 Å². The highest BCUT2D eigenvalue weighted by Crippen LogP contribution is 2.39. The number of carbonyl (C=O) groups excluding carboxylic acids is 1. The second kappa shape index (κ2) is 4.73. The molecule has 1 aliphatic carbocycles. The second-order valence-electron chi connectivity index (χ2n) is 2.54. The van der Waals surface area contributed by atoms with Crippen LogP contribution in [0.2, 0.25) is 0 Å². The Balaban J connectivity index is 2.83. The summed E-state index contributed by atoms with van der Waals surface area (Å²) in [4.78, 5) is 11.8. The van der Waals surface area contributed by atoms with Crippen molar-refractivity contribution in [3.05, 3.63) is 0 Å². The predicted molar refractivity (Wildman–Crippen MR) is 68.6 cm³/mol. The van der Waals surface area contributed by atoms with Crippen molar-refractivity contribution >= 4 is 85.4 Å². The van der Waals surface area contributed by atoms with Crippen LogP contribution in [0.4, 0.5) is 0 Å². The zero-order chi connectivity index (χ0) is 9.46. The predicted octanol–water partition coefficient (Wildman–Crippen LogP) is 3.39. The van der Waals surface area contributed by atoms with Crippen LogP contribution in [-0.4, -0.2) is 29.9 Å². The monoisotopic (exact) mass is 488 g/mol. The number of Topliss-reactive ketones (excluding diaryl/α,β-unsaturated/α-hetero) is 1. The van der Waals surface area contributed by atoms with Crippen molar-refractivity contribution in [1.82, 2.24) is 0 Å². The lowest BCUT2D eigenvalue weighted by Crippen LogP contribution is -2.50. The van der Waals surface area contributed by atoms with Gasteiger partial charge in [0.15, 0.2) is 5.78 Å². The van der Waals surface area contributed by atoms with Crippen molar-refractivity contribution in [1.29, 1.82) is 0 Å². The molecule has 1 rings (SSSR count). The first-order valence-electron chi connectivity index (χ1n) is 3.21. The van der Waals surface area contributed by atoms with Crippen molar-refractivity contribution in [2.24, 2.45) is 0 Å². The third-order valence-corrected chi connectivity index (χ3v) is 9.93. The van der Waals surface area contributed by atoms with Crippen LogP contribution < -0.4 is 0 Å². The number of hydrogen-bond donors (Lipinski definition) is 0. The topological polar surface area (TPSA) is 17.1 Å². The lowest BCUT2D eigenvalue weighted by molar-refractivity contribution is -0.118. The Kier molecular flexibility index (Phi) is 4.78. The number of ketones is 1. The SMILES string of the molecule is O=C1C(Br)C(Br)C(Br)C(Br)C1Br. The molecule has 0 bridgehead atoms. The zero-order valence-corrected chi connectivity index (χ0v) is 13.6. The van der Waals surface area contributed by atoms with Crippen LogP contribution in [-0.2, 0) is 4.79 Å². The van der Waals surface area contributed by atoms with Crippen LogP contribution in [0.5, 0.6) is 0 Å². The van der Waals surface area contributed by atoms with Crippen LogP contribution in [0.15, 0.2) is 0 Å². The Bertz CT molecular complexity index is 178. The molecule has 0 heterocycles. The summed E-state index contributed by atoms with van der Waals surface area (Å²) >= 11 is 17.1. The van der Waals surface area contributed by atoms with E-state index in [4.69, 9.17) is 0 Å². The smallest absolute Gasteiger partial charge is 0.162 e. The second-order valence-corrected chi connectivity index (χ2v) is 7.68. The fourth-order valence-corrected chi connectivity index (χ4v) is 5.56. The maximum Gasteiger partial charge on any atom is 0.162 e. The summed E-state index contributed by atoms with van der Waals surface area (Å²) in [6.07, 6.45) is 0. The van der Waals surface area contributed by atoms with E-state index < -0.39 is 0 Å². The summed E-state index contributed by atoms with van der Waals surface area (Å²) in [6, 6.07) is 0. The highest BCUT2D eigenvalue weighted by atomic mass is 79.9. The van der Waals surface area contributed by atoms with Crippen LogP contribution in [0.1, 0.15) is 0 Å². The highest BCUT2D eigenvalue weighted by Gasteiger charge is 2.45. The van der Waals surface area contributed by atoms with Gasteiger partial charge in [0.2, 0.25) is 0 Å². The van der Waals surface area contributed by atoms with Gasteiger partial charge in [0, 0.05) is 14.5 Å². The Morgan fingerprint density at radius 2 is 1.08 bits per heavy atom. The fraction of sp³-hybridized carbons (Fsp3) is 0.833. The molecule has 0 aromatic carbocycles. The Hall–Kier alpha value is 2.07. The molecule has 0 aromatic heterocycles. The number of alkyl halides is 5. The van der Waals surface area contributed by atoms with E-state index in [1.807, 2.05) is 0 Å². The first-order chi connectivity index (χ1) is 5.46. The van der Waals surface area contributed by atoms with Gasteiger partial charge in [-0.05, 0) is 0 Å². The van der Waals surface area contributed by atoms with Crippen molar-refractivity contribution in [3.63, 3.8) is 0 Å². The zero-order valence-electron chi connectivity index (χ0n) is 5.68. The first-order valence-corrected chi connectivity index (χ1v) is 7.78. The van der Waals surface area contributed by atoms with Gasteiger partial charge >= 0.3 is 0 Å². The summed E-state index contributed by atoms with van der Waals surface area (Å²) in [5.74, 6) is 0.175. The van der Waals surface area contributed by atoms with Crippen molar-refractivity contribution in [2.75, 3.05) is 0 Å². The largest absolute Gasteiger partial charge is 0.297 e. The molecule has 1 nitrogen and oxygen atoms in total. The minimum atomic E-state index is -0.125. The van der Waals surface area contributed by atoms with Gasteiger partial charge in [-0.1, -0.05) is 79.6 Å². The van der Waals surface area contributed by atoms with Crippen LogP contribution in [0.3, 0.4) is 0 Å². The first kappa shape index (κ1) is 12.1. The third kappa shape index (κ3) is 2.18. The molecular weight excluding hydrogens is 488 g/mol. The fourth-order valence-electron chi connectivity index (χ4n) is 0.964. The highest BCUT2D eigenvalue weighted by molar-refractivity contribution is 9.15. The van der Waals surface area contributed by atoms with E-state index in [1.165, 1.54) is 0 Å². The number of rotatable bonds is 0. The Labute approximate surface area is 113 Å². The van der Waals surface area contributed by atoms with E-state index in [2.05, 4.69) is 79.6 Å². The molecule has 0 spiro atoms. The maximum absolute atomic E-state index is 11.5. The van der Waals surface area contributed by atoms with Gasteiger partial charge in [-0.25, -0.2) is 0 Å². The van der Waals surface area contributed by atoms with Gasteiger partial charge in [-0.2, -0.15) is 0 Å². The lowest BCUT2D eigenvalue weighted by atomic mass is 9.99. The molecule has 0 saturated heterocycles. The van der Waals surface area contributed by atoms with Crippen LogP contribution in [0, 0.1) is 0 Å². The van der Waals surface area contributed by atoms with E-state index in [9.17, 15) is 4.79 Å². The molecule has 6 heteroatoms. The van der Waals surface area contributed by atoms with E-state index >= 15 is 0 Å².